The normalized spacial score (nSPS) is 16.7. The van der Waals surface area contributed by atoms with Crippen molar-refractivity contribution in [3.63, 3.8) is 0 Å². The van der Waals surface area contributed by atoms with Crippen molar-refractivity contribution >= 4 is 16.6 Å². The SMILES string of the molecule is N#Cc1nnc2ccccc2c1N1CCCC(c2nc(-c3ccccc3)n[nH]2)C1. The van der Waals surface area contributed by atoms with Gasteiger partial charge in [0.1, 0.15) is 11.9 Å². The summed E-state index contributed by atoms with van der Waals surface area (Å²) in [6, 6.07) is 20.0. The van der Waals surface area contributed by atoms with E-state index in [9.17, 15) is 5.26 Å². The van der Waals surface area contributed by atoms with Crippen molar-refractivity contribution in [3.8, 4) is 17.5 Å². The van der Waals surface area contributed by atoms with Gasteiger partial charge in [-0.1, -0.05) is 48.5 Å². The second-order valence-corrected chi connectivity index (χ2v) is 7.22. The summed E-state index contributed by atoms with van der Waals surface area (Å²) in [5.74, 6) is 1.82. The van der Waals surface area contributed by atoms with Crippen LogP contribution in [0.2, 0.25) is 0 Å². The predicted octanol–water partition coefficient (Wildman–Crippen LogP) is 3.67. The zero-order valence-corrected chi connectivity index (χ0v) is 15.8. The lowest BCUT2D eigenvalue weighted by Crippen LogP contribution is -2.35. The number of piperidine rings is 1. The standard InChI is InChI=1S/C22H19N7/c23-13-19-20(17-10-4-5-11-18(17)25-26-19)29-12-6-9-16(14-29)22-24-21(27-28-22)15-7-2-1-3-8-15/h1-5,7-8,10-11,16H,6,9,12,14H2,(H,24,27,28). The van der Waals surface area contributed by atoms with Crippen molar-refractivity contribution in [2.24, 2.45) is 0 Å². The number of anilines is 1. The number of H-pyrrole nitrogens is 1. The number of nitriles is 1. The van der Waals surface area contributed by atoms with Gasteiger partial charge in [-0.2, -0.15) is 10.4 Å². The van der Waals surface area contributed by atoms with E-state index in [-0.39, 0.29) is 5.92 Å². The first-order chi connectivity index (χ1) is 14.3. The first kappa shape index (κ1) is 17.3. The minimum Gasteiger partial charge on any atom is -0.368 e. The minimum atomic E-state index is 0.215. The highest BCUT2D eigenvalue weighted by Gasteiger charge is 2.27. The Morgan fingerprint density at radius 2 is 1.86 bits per heavy atom. The Kier molecular flexibility index (Phi) is 4.37. The molecule has 1 N–H and O–H groups in total. The van der Waals surface area contributed by atoms with E-state index < -0.39 is 0 Å². The van der Waals surface area contributed by atoms with Crippen LogP contribution in [0.25, 0.3) is 22.3 Å². The van der Waals surface area contributed by atoms with E-state index in [1.54, 1.807) is 0 Å². The van der Waals surface area contributed by atoms with Gasteiger partial charge in [0.15, 0.2) is 11.5 Å². The second-order valence-electron chi connectivity index (χ2n) is 7.22. The number of aromatic nitrogens is 5. The van der Waals surface area contributed by atoms with Crippen molar-refractivity contribution in [1.29, 1.82) is 5.26 Å². The molecule has 0 saturated carbocycles. The molecule has 2 aromatic heterocycles. The molecule has 0 aliphatic carbocycles. The Hall–Kier alpha value is -3.79. The predicted molar refractivity (Wildman–Crippen MR) is 110 cm³/mol. The van der Waals surface area contributed by atoms with Gasteiger partial charge in [-0.3, -0.25) is 5.10 Å². The topological polar surface area (TPSA) is 94.4 Å². The molecule has 0 radical (unpaired) electrons. The summed E-state index contributed by atoms with van der Waals surface area (Å²) in [5.41, 5.74) is 3.03. The third-order valence-electron chi connectivity index (χ3n) is 5.41. The average Bonchev–Trinajstić information content (AvgIpc) is 3.29. The van der Waals surface area contributed by atoms with E-state index in [0.29, 0.717) is 11.5 Å². The quantitative estimate of drug-likeness (QED) is 0.582. The summed E-state index contributed by atoms with van der Waals surface area (Å²) in [6.45, 7) is 1.63. The van der Waals surface area contributed by atoms with Crippen molar-refractivity contribution in [2.45, 2.75) is 18.8 Å². The molecule has 142 valence electrons. The molecule has 1 fully saturated rings. The third kappa shape index (κ3) is 3.19. The maximum Gasteiger partial charge on any atom is 0.187 e. The Morgan fingerprint density at radius 3 is 2.72 bits per heavy atom. The summed E-state index contributed by atoms with van der Waals surface area (Å²) in [6.07, 6.45) is 2.03. The van der Waals surface area contributed by atoms with Crippen LogP contribution >= 0.6 is 0 Å². The van der Waals surface area contributed by atoms with Crippen molar-refractivity contribution in [3.05, 3.63) is 66.1 Å². The van der Waals surface area contributed by atoms with Gasteiger partial charge in [-0.25, -0.2) is 4.98 Å². The molecule has 0 spiro atoms. The number of nitrogens with one attached hydrogen (secondary N) is 1. The molecule has 0 bridgehead atoms. The van der Waals surface area contributed by atoms with Crippen LogP contribution in [0.1, 0.15) is 30.3 Å². The van der Waals surface area contributed by atoms with Gasteiger partial charge in [-0.05, 0) is 18.9 Å². The molecule has 7 nitrogen and oxygen atoms in total. The Bertz CT molecular complexity index is 1190. The van der Waals surface area contributed by atoms with Crippen LogP contribution in [0.4, 0.5) is 5.69 Å². The van der Waals surface area contributed by atoms with Crippen LogP contribution in [-0.4, -0.2) is 38.5 Å². The molecule has 0 amide bonds. The lowest BCUT2D eigenvalue weighted by atomic mass is 9.96. The fourth-order valence-electron chi connectivity index (χ4n) is 4.01. The largest absolute Gasteiger partial charge is 0.368 e. The second kappa shape index (κ2) is 7.32. The Morgan fingerprint density at radius 1 is 1.03 bits per heavy atom. The summed E-state index contributed by atoms with van der Waals surface area (Å²) >= 11 is 0. The van der Waals surface area contributed by atoms with Crippen LogP contribution in [0.3, 0.4) is 0 Å². The van der Waals surface area contributed by atoms with Gasteiger partial charge in [0, 0.05) is 30.0 Å². The highest BCUT2D eigenvalue weighted by Crippen LogP contribution is 2.34. The van der Waals surface area contributed by atoms with Crippen LogP contribution < -0.4 is 4.90 Å². The van der Waals surface area contributed by atoms with E-state index in [1.807, 2.05) is 54.6 Å². The maximum absolute atomic E-state index is 9.61. The van der Waals surface area contributed by atoms with Gasteiger partial charge in [0.05, 0.1) is 11.2 Å². The molecule has 3 heterocycles. The first-order valence-electron chi connectivity index (χ1n) is 9.71. The van der Waals surface area contributed by atoms with E-state index in [2.05, 4.69) is 31.4 Å². The number of hydrogen-bond donors (Lipinski definition) is 1. The van der Waals surface area contributed by atoms with Gasteiger partial charge in [0.2, 0.25) is 0 Å². The summed E-state index contributed by atoms with van der Waals surface area (Å²) in [7, 11) is 0. The van der Waals surface area contributed by atoms with Crippen LogP contribution in [0.5, 0.6) is 0 Å². The molecule has 7 heteroatoms. The molecule has 1 unspecified atom stereocenters. The van der Waals surface area contributed by atoms with Crippen LogP contribution in [0, 0.1) is 11.3 Å². The molecule has 1 aliphatic heterocycles. The zero-order valence-electron chi connectivity index (χ0n) is 15.8. The van der Waals surface area contributed by atoms with Gasteiger partial charge >= 0.3 is 0 Å². The number of benzene rings is 2. The molecule has 4 aromatic rings. The zero-order chi connectivity index (χ0) is 19.6. The molecule has 5 rings (SSSR count). The lowest BCUT2D eigenvalue weighted by Gasteiger charge is -2.34. The summed E-state index contributed by atoms with van der Waals surface area (Å²) in [5, 5.41) is 26.5. The van der Waals surface area contributed by atoms with Crippen LogP contribution in [0.15, 0.2) is 54.6 Å². The molecular weight excluding hydrogens is 362 g/mol. The van der Waals surface area contributed by atoms with Gasteiger partial charge in [0.25, 0.3) is 0 Å². The van der Waals surface area contributed by atoms with Gasteiger partial charge < -0.3 is 4.90 Å². The van der Waals surface area contributed by atoms with Crippen molar-refractivity contribution in [1.82, 2.24) is 25.4 Å². The van der Waals surface area contributed by atoms with E-state index >= 15 is 0 Å². The fourth-order valence-corrected chi connectivity index (χ4v) is 4.01. The summed E-state index contributed by atoms with van der Waals surface area (Å²) in [4.78, 5) is 7.00. The maximum atomic E-state index is 9.61. The van der Waals surface area contributed by atoms with Crippen LogP contribution in [-0.2, 0) is 0 Å². The van der Waals surface area contributed by atoms with Crippen molar-refractivity contribution in [2.75, 3.05) is 18.0 Å². The van der Waals surface area contributed by atoms with Gasteiger partial charge in [-0.15, -0.1) is 10.2 Å². The number of aromatic amines is 1. The van der Waals surface area contributed by atoms with E-state index in [0.717, 1.165) is 53.9 Å². The molecule has 29 heavy (non-hydrogen) atoms. The van der Waals surface area contributed by atoms with E-state index in [1.165, 1.54) is 0 Å². The first-order valence-corrected chi connectivity index (χ1v) is 9.71. The Labute approximate surface area is 168 Å². The third-order valence-corrected chi connectivity index (χ3v) is 5.41. The molecule has 1 aliphatic rings. The lowest BCUT2D eigenvalue weighted by molar-refractivity contribution is 0.492. The number of nitrogens with zero attached hydrogens (tertiary/aromatic N) is 6. The number of hydrogen-bond acceptors (Lipinski definition) is 6. The average molecular weight is 381 g/mol. The minimum absolute atomic E-state index is 0.215. The molecule has 1 saturated heterocycles. The smallest absolute Gasteiger partial charge is 0.187 e. The molecular formula is C22H19N7. The molecule has 2 aromatic carbocycles. The Balaban J connectivity index is 1.47. The molecule has 1 atom stereocenters. The monoisotopic (exact) mass is 381 g/mol. The highest BCUT2D eigenvalue weighted by atomic mass is 15.2. The van der Waals surface area contributed by atoms with Crippen molar-refractivity contribution < 1.29 is 0 Å². The number of fused-ring (bicyclic) bond motifs is 1. The number of rotatable bonds is 3. The highest BCUT2D eigenvalue weighted by molar-refractivity contribution is 5.93. The summed E-state index contributed by atoms with van der Waals surface area (Å²) < 4.78 is 0. The fraction of sp³-hybridized carbons (Fsp3) is 0.227. The van der Waals surface area contributed by atoms with E-state index in [4.69, 9.17) is 4.98 Å².